The Morgan fingerprint density at radius 1 is 1.22 bits per heavy atom. The molecule has 0 unspecified atom stereocenters. The number of nitrogens with zero attached hydrogens (tertiary/aromatic N) is 4. The van der Waals surface area contributed by atoms with Gasteiger partial charge in [0.15, 0.2) is 5.82 Å². The average Bonchev–Trinajstić information content (AvgIpc) is 3.46. The molecule has 41 heavy (non-hydrogen) atoms. The predicted octanol–water partition coefficient (Wildman–Crippen LogP) is 4.06. The first-order chi connectivity index (χ1) is 19.2. The number of urea groups is 1. The van der Waals surface area contributed by atoms with Crippen LogP contribution in [0.25, 0.3) is 10.8 Å². The lowest BCUT2D eigenvalue weighted by Gasteiger charge is -2.37. The second-order valence-electron chi connectivity index (χ2n) is 11.2. The summed E-state index contributed by atoms with van der Waals surface area (Å²) in [6.07, 6.45) is 4.81. The van der Waals surface area contributed by atoms with Crippen LogP contribution in [0, 0.1) is 5.92 Å². The number of rotatable bonds is 8. The van der Waals surface area contributed by atoms with Crippen molar-refractivity contribution in [1.82, 2.24) is 30.3 Å². The van der Waals surface area contributed by atoms with Crippen molar-refractivity contribution in [3.8, 4) is 0 Å². The minimum absolute atomic E-state index is 0. The molecule has 3 amide bonds. The van der Waals surface area contributed by atoms with E-state index in [0.717, 1.165) is 54.6 Å². The number of hydrogen-bond acceptors (Lipinski definition) is 7. The number of aromatic amines is 1. The molecule has 3 aromatic rings. The Morgan fingerprint density at radius 3 is 2.68 bits per heavy atom. The number of hydrogen-bond donors (Lipinski definition) is 4. The first kappa shape index (κ1) is 30.4. The number of ether oxygens (including phenoxy) is 1. The topological polar surface area (TPSA) is 128 Å². The van der Waals surface area contributed by atoms with Gasteiger partial charge in [0.2, 0.25) is 5.91 Å². The highest BCUT2D eigenvalue weighted by Gasteiger charge is 2.44. The van der Waals surface area contributed by atoms with E-state index in [1.54, 1.807) is 6.20 Å². The van der Waals surface area contributed by atoms with E-state index in [0.29, 0.717) is 29.8 Å². The van der Waals surface area contributed by atoms with Gasteiger partial charge in [0.05, 0.1) is 17.8 Å². The molecule has 4 heterocycles. The molecule has 0 saturated carbocycles. The standard InChI is InChI=1S/C29H38N8O3.H2S/c1-6-24(38)31-22-9-7-8-20-19(22)10-13-30-26(20)33-27-21-16-37(29(2,3)25(21)34-35-27)28(39)32-23(17-36(4)5)18-11-14-40-15-12-18;/h6-10,13,18,23H,1,11-12,14-17H2,2-5H3,(H,31,38)(H,32,39)(H2,30,33,34,35);1H2/t23-;/m1./s1. The molecule has 2 aromatic heterocycles. The third kappa shape index (κ3) is 6.19. The fourth-order valence-electron chi connectivity index (χ4n) is 5.72. The van der Waals surface area contributed by atoms with Crippen LogP contribution in [0.1, 0.15) is 37.9 Å². The van der Waals surface area contributed by atoms with Gasteiger partial charge in [-0.25, -0.2) is 9.78 Å². The fraction of sp³-hybridized carbons (Fsp3) is 0.448. The van der Waals surface area contributed by atoms with E-state index in [4.69, 9.17) is 4.74 Å². The van der Waals surface area contributed by atoms with Gasteiger partial charge in [-0.3, -0.25) is 9.89 Å². The van der Waals surface area contributed by atoms with Gasteiger partial charge in [-0.1, -0.05) is 18.7 Å². The molecule has 0 aliphatic carbocycles. The van der Waals surface area contributed by atoms with Crippen molar-refractivity contribution in [2.24, 2.45) is 5.92 Å². The van der Waals surface area contributed by atoms with Gasteiger partial charge in [-0.2, -0.15) is 18.6 Å². The number of benzene rings is 1. The third-order valence-electron chi connectivity index (χ3n) is 7.91. The largest absolute Gasteiger partial charge is 0.381 e. The van der Waals surface area contributed by atoms with Gasteiger partial charge in [0.25, 0.3) is 0 Å². The summed E-state index contributed by atoms with van der Waals surface area (Å²) in [6.45, 7) is 10.2. The summed E-state index contributed by atoms with van der Waals surface area (Å²) in [4.78, 5) is 34.2. The Labute approximate surface area is 247 Å². The third-order valence-corrected chi connectivity index (χ3v) is 7.91. The summed E-state index contributed by atoms with van der Waals surface area (Å²) < 4.78 is 5.56. The lowest BCUT2D eigenvalue weighted by molar-refractivity contribution is -0.111. The molecule has 1 saturated heterocycles. The van der Waals surface area contributed by atoms with Crippen LogP contribution in [0.2, 0.25) is 0 Å². The van der Waals surface area contributed by atoms with Crippen LogP contribution in [-0.4, -0.2) is 76.8 Å². The van der Waals surface area contributed by atoms with Gasteiger partial charge in [-0.15, -0.1) is 0 Å². The van der Waals surface area contributed by atoms with E-state index in [9.17, 15) is 9.59 Å². The van der Waals surface area contributed by atoms with Crippen LogP contribution < -0.4 is 16.0 Å². The number of pyridine rings is 1. The summed E-state index contributed by atoms with van der Waals surface area (Å²) in [5.74, 6) is 1.32. The van der Waals surface area contributed by atoms with Crippen LogP contribution in [0.15, 0.2) is 43.1 Å². The molecule has 220 valence electrons. The van der Waals surface area contributed by atoms with E-state index in [1.807, 2.05) is 57.1 Å². The molecule has 11 nitrogen and oxygen atoms in total. The maximum atomic E-state index is 13.7. The van der Waals surface area contributed by atoms with Crippen molar-refractivity contribution in [2.75, 3.05) is 44.5 Å². The van der Waals surface area contributed by atoms with E-state index >= 15 is 0 Å². The molecule has 1 atom stereocenters. The van der Waals surface area contributed by atoms with Gasteiger partial charge in [0, 0.05) is 54.0 Å². The van der Waals surface area contributed by atoms with E-state index < -0.39 is 5.54 Å². The van der Waals surface area contributed by atoms with Crippen molar-refractivity contribution in [2.45, 2.75) is 44.8 Å². The first-order valence-corrected chi connectivity index (χ1v) is 13.7. The molecule has 12 heteroatoms. The minimum Gasteiger partial charge on any atom is -0.381 e. The molecule has 1 aromatic carbocycles. The number of nitrogens with one attached hydrogen (secondary N) is 4. The Kier molecular flexibility index (Phi) is 9.25. The molecule has 4 N–H and O–H groups in total. The summed E-state index contributed by atoms with van der Waals surface area (Å²) in [5, 5.41) is 18.9. The predicted molar refractivity (Wildman–Crippen MR) is 166 cm³/mol. The Hall–Kier alpha value is -3.61. The summed E-state index contributed by atoms with van der Waals surface area (Å²) in [6, 6.07) is 7.43. The van der Waals surface area contributed by atoms with E-state index in [1.165, 1.54) is 6.08 Å². The highest BCUT2D eigenvalue weighted by molar-refractivity contribution is 7.59. The van der Waals surface area contributed by atoms with Gasteiger partial charge in [0.1, 0.15) is 5.82 Å². The lowest BCUT2D eigenvalue weighted by atomic mass is 9.91. The second kappa shape index (κ2) is 12.5. The fourth-order valence-corrected chi connectivity index (χ4v) is 5.72. The van der Waals surface area contributed by atoms with Gasteiger partial charge >= 0.3 is 6.03 Å². The molecular formula is C29H40N8O3S. The first-order valence-electron chi connectivity index (χ1n) is 13.7. The highest BCUT2D eigenvalue weighted by atomic mass is 32.1. The number of aromatic nitrogens is 3. The maximum absolute atomic E-state index is 13.7. The molecule has 0 bridgehead atoms. The smallest absolute Gasteiger partial charge is 0.318 e. The van der Waals surface area contributed by atoms with Crippen molar-refractivity contribution < 1.29 is 14.3 Å². The number of carbonyl (C=O) groups excluding carboxylic acids is 2. The normalized spacial score (nSPS) is 17.0. The summed E-state index contributed by atoms with van der Waals surface area (Å²) in [7, 11) is 4.06. The molecule has 0 spiro atoms. The molecular weight excluding hydrogens is 540 g/mol. The number of carbonyl (C=O) groups is 2. The Bertz CT molecular complexity index is 1420. The lowest BCUT2D eigenvalue weighted by Crippen LogP contribution is -2.54. The van der Waals surface area contributed by atoms with Crippen molar-refractivity contribution in [1.29, 1.82) is 0 Å². The monoisotopic (exact) mass is 580 g/mol. The summed E-state index contributed by atoms with van der Waals surface area (Å²) >= 11 is 0. The Morgan fingerprint density at radius 2 is 1.98 bits per heavy atom. The number of amides is 3. The van der Waals surface area contributed by atoms with Crippen LogP contribution in [0.3, 0.4) is 0 Å². The summed E-state index contributed by atoms with van der Waals surface area (Å²) in [5.41, 5.74) is 1.89. The number of fused-ring (bicyclic) bond motifs is 2. The van der Waals surface area contributed by atoms with Crippen LogP contribution in [-0.2, 0) is 21.6 Å². The molecule has 1 fully saturated rings. The highest BCUT2D eigenvalue weighted by Crippen LogP contribution is 2.41. The molecule has 2 aliphatic heterocycles. The van der Waals surface area contributed by atoms with E-state index in [2.05, 4.69) is 42.6 Å². The van der Waals surface area contributed by atoms with Crippen LogP contribution >= 0.6 is 13.5 Å². The van der Waals surface area contributed by atoms with Crippen molar-refractivity contribution in [3.05, 3.63) is 54.4 Å². The number of likely N-dealkylation sites (N-methyl/N-ethyl adjacent to an activating group) is 1. The average molecular weight is 581 g/mol. The molecule has 0 radical (unpaired) electrons. The second-order valence-corrected chi connectivity index (χ2v) is 11.2. The van der Waals surface area contributed by atoms with Crippen LogP contribution in [0.4, 0.5) is 22.1 Å². The van der Waals surface area contributed by atoms with Crippen LogP contribution in [0.5, 0.6) is 0 Å². The SMILES string of the molecule is C=CC(=O)Nc1cccc2c(Nc3n[nH]c4c3CN(C(=O)N[C@H](CN(C)C)C3CCOCC3)C4(C)C)nccc12.S. The Balaban J connectivity index is 0.00000387. The quantitative estimate of drug-likeness (QED) is 0.296. The van der Waals surface area contributed by atoms with Crippen molar-refractivity contribution >= 4 is 53.5 Å². The van der Waals surface area contributed by atoms with Gasteiger partial charge in [-0.05, 0) is 64.9 Å². The number of anilines is 3. The van der Waals surface area contributed by atoms with E-state index in [-0.39, 0.29) is 31.5 Å². The van der Waals surface area contributed by atoms with Gasteiger partial charge < -0.3 is 30.5 Å². The molecule has 2 aliphatic rings. The maximum Gasteiger partial charge on any atom is 0.318 e. The zero-order valence-electron chi connectivity index (χ0n) is 24.1. The minimum atomic E-state index is -0.584. The zero-order chi connectivity index (χ0) is 28.4. The number of H-pyrrole nitrogens is 1. The molecule has 5 rings (SSSR count). The zero-order valence-corrected chi connectivity index (χ0v) is 25.1. The van der Waals surface area contributed by atoms with Crippen molar-refractivity contribution in [3.63, 3.8) is 0 Å².